The minimum absolute atomic E-state index is 0.0794. The molecule has 0 unspecified atom stereocenters. The first-order valence-corrected chi connectivity index (χ1v) is 6.12. The third kappa shape index (κ3) is 2.85. The van der Waals surface area contributed by atoms with Gasteiger partial charge in [0.2, 0.25) is 6.41 Å². The molecule has 0 saturated heterocycles. The Balaban J connectivity index is 2.26. The van der Waals surface area contributed by atoms with Gasteiger partial charge in [0.25, 0.3) is 0 Å². The van der Waals surface area contributed by atoms with Gasteiger partial charge in [-0.2, -0.15) is 0 Å². The largest absolute Gasteiger partial charge is 0.497 e. The first-order valence-electron chi connectivity index (χ1n) is 6.12. The molecule has 0 aliphatic heterocycles. The number of carbonyl (C=O) groups is 2. The Bertz CT molecular complexity index is 620. The van der Waals surface area contributed by atoms with Crippen molar-refractivity contribution in [3.05, 3.63) is 59.7 Å². The zero-order valence-corrected chi connectivity index (χ0v) is 11.4. The second kappa shape index (κ2) is 6.02. The van der Waals surface area contributed by atoms with Crippen molar-refractivity contribution in [2.45, 2.75) is 0 Å². The van der Waals surface area contributed by atoms with Crippen LogP contribution < -0.4 is 9.64 Å². The highest BCUT2D eigenvalue weighted by Crippen LogP contribution is 2.18. The monoisotopic (exact) mass is 269 g/mol. The number of carbonyl (C=O) groups excluding carboxylic acids is 2. The van der Waals surface area contributed by atoms with Crippen LogP contribution in [0.1, 0.15) is 15.9 Å². The highest BCUT2D eigenvalue weighted by atomic mass is 16.5. The van der Waals surface area contributed by atoms with Crippen LogP contribution >= 0.6 is 0 Å². The van der Waals surface area contributed by atoms with Gasteiger partial charge in [0.1, 0.15) is 5.75 Å². The van der Waals surface area contributed by atoms with Gasteiger partial charge < -0.3 is 9.64 Å². The summed E-state index contributed by atoms with van der Waals surface area (Å²) >= 11 is 0. The Hall–Kier alpha value is -2.62. The summed E-state index contributed by atoms with van der Waals surface area (Å²) in [4.78, 5) is 24.4. The lowest BCUT2D eigenvalue weighted by Crippen LogP contribution is -2.13. The second-order valence-electron chi connectivity index (χ2n) is 4.32. The second-order valence-corrected chi connectivity index (χ2v) is 4.32. The van der Waals surface area contributed by atoms with E-state index >= 15 is 0 Å². The predicted octanol–water partition coefficient (Wildman–Crippen LogP) is 2.52. The number of nitrogens with zero attached hydrogens (tertiary/aromatic N) is 1. The summed E-state index contributed by atoms with van der Waals surface area (Å²) in [5.74, 6) is 0.567. The van der Waals surface area contributed by atoms with Crippen LogP contribution in [0.15, 0.2) is 48.5 Å². The summed E-state index contributed by atoms with van der Waals surface area (Å²) in [5.41, 5.74) is 1.88. The highest BCUT2D eigenvalue weighted by molar-refractivity contribution is 6.09. The van der Waals surface area contributed by atoms with Crippen molar-refractivity contribution in [1.29, 1.82) is 0 Å². The fourth-order valence-corrected chi connectivity index (χ4v) is 1.84. The number of methoxy groups -OCH3 is 1. The molecule has 2 aromatic rings. The molecule has 0 heterocycles. The number of hydrogen-bond acceptors (Lipinski definition) is 3. The van der Waals surface area contributed by atoms with E-state index in [9.17, 15) is 9.59 Å². The maximum Gasteiger partial charge on any atom is 0.213 e. The minimum atomic E-state index is -0.0794. The molecular formula is C16H15NO3. The van der Waals surface area contributed by atoms with Crippen molar-refractivity contribution in [3.8, 4) is 5.75 Å². The third-order valence-corrected chi connectivity index (χ3v) is 3.03. The summed E-state index contributed by atoms with van der Waals surface area (Å²) in [6, 6.07) is 13.9. The van der Waals surface area contributed by atoms with Crippen LogP contribution in [0.5, 0.6) is 5.75 Å². The molecule has 102 valence electrons. The molecule has 4 heteroatoms. The van der Waals surface area contributed by atoms with Gasteiger partial charge in [-0.1, -0.05) is 12.1 Å². The molecule has 0 aliphatic rings. The molecule has 0 aromatic heterocycles. The molecule has 2 rings (SSSR count). The number of ether oxygens (including phenoxy) is 1. The number of rotatable bonds is 5. The molecule has 0 N–H and O–H groups in total. The molecule has 4 nitrogen and oxygen atoms in total. The molecule has 0 atom stereocenters. The van der Waals surface area contributed by atoms with Gasteiger partial charge in [0.05, 0.1) is 7.11 Å². The van der Waals surface area contributed by atoms with Crippen molar-refractivity contribution in [3.63, 3.8) is 0 Å². The van der Waals surface area contributed by atoms with E-state index < -0.39 is 0 Å². The van der Waals surface area contributed by atoms with E-state index in [0.717, 1.165) is 12.1 Å². The van der Waals surface area contributed by atoms with Crippen LogP contribution in [-0.4, -0.2) is 26.4 Å². The number of ketones is 1. The SMILES string of the molecule is COc1cccc(C(=O)c2ccc(N(C)C=O)cc2)c1. The molecular weight excluding hydrogens is 254 g/mol. The lowest BCUT2D eigenvalue weighted by atomic mass is 10.0. The molecule has 0 spiro atoms. The number of benzene rings is 2. The van der Waals surface area contributed by atoms with Crippen LogP contribution in [0, 0.1) is 0 Å². The molecule has 0 saturated carbocycles. The van der Waals surface area contributed by atoms with Crippen molar-refractivity contribution in [2.75, 3.05) is 19.1 Å². The van der Waals surface area contributed by atoms with Gasteiger partial charge in [0.15, 0.2) is 5.78 Å². The van der Waals surface area contributed by atoms with Crippen molar-refractivity contribution in [2.24, 2.45) is 0 Å². The van der Waals surface area contributed by atoms with Crippen LogP contribution in [-0.2, 0) is 4.79 Å². The summed E-state index contributed by atoms with van der Waals surface area (Å²) in [7, 11) is 3.22. The smallest absolute Gasteiger partial charge is 0.213 e. The van der Waals surface area contributed by atoms with E-state index in [4.69, 9.17) is 4.74 Å². The van der Waals surface area contributed by atoms with Gasteiger partial charge in [-0.25, -0.2) is 0 Å². The van der Waals surface area contributed by atoms with Crippen LogP contribution in [0.3, 0.4) is 0 Å². The first-order chi connectivity index (χ1) is 9.65. The quantitative estimate of drug-likeness (QED) is 0.619. The predicted molar refractivity (Wildman–Crippen MR) is 77.3 cm³/mol. The number of anilines is 1. The molecule has 0 fully saturated rings. The molecule has 0 bridgehead atoms. The van der Waals surface area contributed by atoms with Crippen molar-refractivity contribution in [1.82, 2.24) is 0 Å². The standard InChI is InChI=1S/C16H15NO3/c1-17(11-18)14-8-6-12(7-9-14)16(19)13-4-3-5-15(10-13)20-2/h3-11H,1-2H3. The van der Waals surface area contributed by atoms with Crippen LogP contribution in [0.25, 0.3) is 0 Å². The number of hydrogen-bond donors (Lipinski definition) is 0. The van der Waals surface area contributed by atoms with Gasteiger partial charge in [-0.3, -0.25) is 9.59 Å². The fourth-order valence-electron chi connectivity index (χ4n) is 1.84. The van der Waals surface area contributed by atoms with E-state index in [1.54, 1.807) is 62.7 Å². The van der Waals surface area contributed by atoms with E-state index in [1.807, 2.05) is 0 Å². The third-order valence-electron chi connectivity index (χ3n) is 3.03. The summed E-state index contributed by atoms with van der Waals surface area (Å²) in [6.45, 7) is 0. The van der Waals surface area contributed by atoms with Gasteiger partial charge in [-0.05, 0) is 36.4 Å². The Morgan fingerprint density at radius 1 is 1.10 bits per heavy atom. The zero-order chi connectivity index (χ0) is 14.5. The zero-order valence-electron chi connectivity index (χ0n) is 11.4. The van der Waals surface area contributed by atoms with E-state index in [2.05, 4.69) is 0 Å². The Kier molecular flexibility index (Phi) is 4.15. The van der Waals surface area contributed by atoms with Crippen LogP contribution in [0.2, 0.25) is 0 Å². The normalized spacial score (nSPS) is 9.90. The highest BCUT2D eigenvalue weighted by Gasteiger charge is 2.10. The average molecular weight is 269 g/mol. The molecule has 1 amide bonds. The maximum atomic E-state index is 12.3. The molecule has 0 aliphatic carbocycles. The molecule has 2 aromatic carbocycles. The fraction of sp³-hybridized carbons (Fsp3) is 0.125. The maximum absolute atomic E-state index is 12.3. The van der Waals surface area contributed by atoms with E-state index in [0.29, 0.717) is 16.9 Å². The van der Waals surface area contributed by atoms with Crippen molar-refractivity contribution < 1.29 is 14.3 Å². The summed E-state index contributed by atoms with van der Waals surface area (Å²) in [6.07, 6.45) is 0.721. The topological polar surface area (TPSA) is 46.6 Å². The first kappa shape index (κ1) is 13.8. The van der Waals surface area contributed by atoms with Gasteiger partial charge in [0, 0.05) is 23.9 Å². The Morgan fingerprint density at radius 2 is 1.80 bits per heavy atom. The minimum Gasteiger partial charge on any atom is -0.497 e. The lowest BCUT2D eigenvalue weighted by Gasteiger charge is -2.11. The van der Waals surface area contributed by atoms with E-state index in [1.165, 1.54) is 4.90 Å². The van der Waals surface area contributed by atoms with Gasteiger partial charge in [-0.15, -0.1) is 0 Å². The summed E-state index contributed by atoms with van der Waals surface area (Å²) in [5, 5.41) is 0. The summed E-state index contributed by atoms with van der Waals surface area (Å²) < 4.78 is 5.11. The number of amides is 1. The van der Waals surface area contributed by atoms with Crippen LogP contribution in [0.4, 0.5) is 5.69 Å². The molecule has 20 heavy (non-hydrogen) atoms. The Morgan fingerprint density at radius 3 is 2.40 bits per heavy atom. The van der Waals surface area contributed by atoms with E-state index in [-0.39, 0.29) is 5.78 Å². The average Bonchev–Trinajstić information content (AvgIpc) is 2.53. The molecule has 0 radical (unpaired) electrons. The Labute approximate surface area is 117 Å². The van der Waals surface area contributed by atoms with Crippen molar-refractivity contribution >= 4 is 17.9 Å². The lowest BCUT2D eigenvalue weighted by molar-refractivity contribution is -0.107. The van der Waals surface area contributed by atoms with Gasteiger partial charge >= 0.3 is 0 Å².